The first-order valence-corrected chi connectivity index (χ1v) is 10.0. The van der Waals surface area contributed by atoms with Gasteiger partial charge < -0.3 is 19.9 Å². The van der Waals surface area contributed by atoms with E-state index in [9.17, 15) is 4.79 Å². The predicted octanol–water partition coefficient (Wildman–Crippen LogP) is 3.08. The number of aromatic nitrogens is 2. The van der Waals surface area contributed by atoms with Crippen molar-refractivity contribution in [2.45, 2.75) is 52.2 Å². The van der Waals surface area contributed by atoms with Crippen molar-refractivity contribution >= 4 is 36.0 Å². The Morgan fingerprint density at radius 2 is 2.17 bits per heavy atom. The Morgan fingerprint density at radius 3 is 2.76 bits per heavy atom. The van der Waals surface area contributed by atoms with Crippen LogP contribution in [0.4, 0.5) is 4.79 Å². The van der Waals surface area contributed by atoms with Gasteiger partial charge in [0.05, 0.1) is 6.20 Å². The Bertz CT molecular complexity index is 670. The normalized spacial score (nSPS) is 17.5. The van der Waals surface area contributed by atoms with Crippen LogP contribution < -0.4 is 5.32 Å². The van der Waals surface area contributed by atoms with Gasteiger partial charge in [0.15, 0.2) is 5.96 Å². The second-order valence-corrected chi connectivity index (χ2v) is 8.58. The summed E-state index contributed by atoms with van der Waals surface area (Å²) in [6.07, 6.45) is 6.86. The Labute approximate surface area is 192 Å². The van der Waals surface area contributed by atoms with Crippen molar-refractivity contribution in [2.24, 2.45) is 18.0 Å². The van der Waals surface area contributed by atoms with E-state index in [1.165, 1.54) is 0 Å². The van der Waals surface area contributed by atoms with E-state index in [4.69, 9.17) is 4.74 Å². The van der Waals surface area contributed by atoms with Crippen molar-refractivity contribution in [1.29, 1.82) is 0 Å². The maximum Gasteiger partial charge on any atom is 0.410 e. The minimum atomic E-state index is -0.447. The molecule has 1 unspecified atom stereocenters. The van der Waals surface area contributed by atoms with E-state index in [1.807, 2.05) is 52.2 Å². The summed E-state index contributed by atoms with van der Waals surface area (Å²) in [4.78, 5) is 20.6. The number of carbonyl (C=O) groups is 1. The number of piperidine rings is 1. The molecule has 0 aromatic carbocycles. The molecular formula is C20H37IN6O2. The average Bonchev–Trinajstić information content (AvgIpc) is 3.02. The van der Waals surface area contributed by atoms with Crippen molar-refractivity contribution in [1.82, 2.24) is 24.9 Å². The van der Waals surface area contributed by atoms with E-state index in [1.54, 1.807) is 11.7 Å². The first kappa shape index (κ1) is 25.5. The van der Waals surface area contributed by atoms with Crippen LogP contribution in [-0.4, -0.2) is 71.0 Å². The van der Waals surface area contributed by atoms with Crippen molar-refractivity contribution in [3.63, 3.8) is 0 Å². The number of aliphatic imine (C=N–C) groups is 1. The highest BCUT2D eigenvalue weighted by Gasteiger charge is 2.27. The van der Waals surface area contributed by atoms with Gasteiger partial charge in [0.25, 0.3) is 0 Å². The molecule has 1 aromatic rings. The van der Waals surface area contributed by atoms with Crippen LogP contribution in [0.1, 0.15) is 45.6 Å². The molecule has 9 heteroatoms. The van der Waals surface area contributed by atoms with Crippen LogP contribution in [0.25, 0.3) is 0 Å². The van der Waals surface area contributed by atoms with Gasteiger partial charge in [-0.2, -0.15) is 5.10 Å². The number of nitrogens with zero attached hydrogens (tertiary/aromatic N) is 5. The maximum atomic E-state index is 12.3. The van der Waals surface area contributed by atoms with E-state index < -0.39 is 5.60 Å². The van der Waals surface area contributed by atoms with Crippen molar-refractivity contribution in [3.05, 3.63) is 18.0 Å². The molecule has 8 nitrogen and oxygen atoms in total. The van der Waals surface area contributed by atoms with E-state index in [0.717, 1.165) is 57.0 Å². The number of guanidine groups is 1. The largest absolute Gasteiger partial charge is 0.444 e. The molecule has 1 aliphatic heterocycles. The summed E-state index contributed by atoms with van der Waals surface area (Å²) < 4.78 is 7.32. The van der Waals surface area contributed by atoms with Gasteiger partial charge in [0.2, 0.25) is 0 Å². The van der Waals surface area contributed by atoms with Gasteiger partial charge in [-0.1, -0.05) is 0 Å². The molecule has 166 valence electrons. The molecule has 1 atom stereocenters. The molecule has 0 radical (unpaired) electrons. The number of aryl methyl sites for hydroxylation is 1. The summed E-state index contributed by atoms with van der Waals surface area (Å²) >= 11 is 0. The molecule has 1 aromatic heterocycles. The molecule has 0 aliphatic carbocycles. The lowest BCUT2D eigenvalue weighted by Gasteiger charge is -2.34. The standard InChI is InChI=1S/C20H36N6O2.HI/c1-20(2,3)28-19(27)26-11-7-8-16(15-26)9-10-22-18(21-4)24(5)13-17-12-23-25(6)14-17;/h12,14,16H,7-11,13,15H2,1-6H3,(H,21,22);1H. The fourth-order valence-electron chi connectivity index (χ4n) is 3.47. The molecule has 1 fully saturated rings. The van der Waals surface area contributed by atoms with Crippen LogP contribution in [0.3, 0.4) is 0 Å². The Balaban J connectivity index is 0.00000420. The van der Waals surface area contributed by atoms with Gasteiger partial charge in [0, 0.05) is 59.1 Å². The first-order chi connectivity index (χ1) is 13.2. The fourth-order valence-corrected chi connectivity index (χ4v) is 3.47. The van der Waals surface area contributed by atoms with Crippen LogP contribution >= 0.6 is 24.0 Å². The zero-order valence-corrected chi connectivity index (χ0v) is 21.0. The summed E-state index contributed by atoms with van der Waals surface area (Å²) in [5, 5.41) is 7.65. The summed E-state index contributed by atoms with van der Waals surface area (Å²) in [6.45, 7) is 8.85. The number of amides is 1. The highest BCUT2D eigenvalue weighted by molar-refractivity contribution is 14.0. The highest BCUT2D eigenvalue weighted by atomic mass is 127. The van der Waals surface area contributed by atoms with Crippen molar-refractivity contribution in [2.75, 3.05) is 33.7 Å². The summed E-state index contributed by atoms with van der Waals surface area (Å²) in [6, 6.07) is 0. The molecule has 1 amide bonds. The fraction of sp³-hybridized carbons (Fsp3) is 0.750. The number of ether oxygens (including phenoxy) is 1. The van der Waals surface area contributed by atoms with Crippen molar-refractivity contribution in [3.8, 4) is 0 Å². The SMILES string of the molecule is CN=C(NCCC1CCCN(C(=O)OC(C)(C)C)C1)N(C)Cc1cnn(C)c1.I. The van der Waals surface area contributed by atoms with Crippen LogP contribution in [0.2, 0.25) is 0 Å². The Morgan fingerprint density at radius 1 is 1.45 bits per heavy atom. The molecule has 0 bridgehead atoms. The van der Waals surface area contributed by atoms with Crippen LogP contribution in [0.15, 0.2) is 17.4 Å². The third-order valence-electron chi connectivity index (χ3n) is 4.76. The third-order valence-corrected chi connectivity index (χ3v) is 4.76. The molecule has 0 saturated carbocycles. The Kier molecular flexibility index (Phi) is 10.2. The smallest absolute Gasteiger partial charge is 0.410 e. The lowest BCUT2D eigenvalue weighted by Crippen LogP contribution is -2.44. The maximum absolute atomic E-state index is 12.3. The van der Waals surface area contributed by atoms with E-state index >= 15 is 0 Å². The van der Waals surface area contributed by atoms with E-state index in [2.05, 4.69) is 20.3 Å². The van der Waals surface area contributed by atoms with Gasteiger partial charge in [-0.15, -0.1) is 24.0 Å². The number of likely N-dealkylation sites (tertiary alicyclic amines) is 1. The minimum Gasteiger partial charge on any atom is -0.444 e. The molecule has 1 N–H and O–H groups in total. The number of halogens is 1. The van der Waals surface area contributed by atoms with E-state index in [0.29, 0.717) is 5.92 Å². The van der Waals surface area contributed by atoms with Gasteiger partial charge in [-0.3, -0.25) is 9.67 Å². The molecular weight excluding hydrogens is 483 g/mol. The predicted molar refractivity (Wildman–Crippen MR) is 127 cm³/mol. The van der Waals surface area contributed by atoms with E-state index in [-0.39, 0.29) is 30.1 Å². The van der Waals surface area contributed by atoms with Gasteiger partial charge in [0.1, 0.15) is 5.60 Å². The Hall–Kier alpha value is -1.52. The molecule has 2 heterocycles. The molecule has 29 heavy (non-hydrogen) atoms. The van der Waals surface area contributed by atoms with Gasteiger partial charge in [-0.25, -0.2) is 4.79 Å². The number of rotatable bonds is 5. The topological polar surface area (TPSA) is 75.0 Å². The van der Waals surface area contributed by atoms with Crippen LogP contribution in [-0.2, 0) is 18.3 Å². The lowest BCUT2D eigenvalue weighted by molar-refractivity contribution is 0.0162. The van der Waals surface area contributed by atoms with Crippen molar-refractivity contribution < 1.29 is 9.53 Å². The highest BCUT2D eigenvalue weighted by Crippen LogP contribution is 2.21. The summed E-state index contributed by atoms with van der Waals surface area (Å²) in [7, 11) is 5.74. The third kappa shape index (κ3) is 8.79. The monoisotopic (exact) mass is 520 g/mol. The number of carbonyl (C=O) groups excluding carboxylic acids is 1. The summed E-state index contributed by atoms with van der Waals surface area (Å²) in [5.74, 6) is 1.35. The van der Waals surface area contributed by atoms with Gasteiger partial charge >= 0.3 is 6.09 Å². The quantitative estimate of drug-likeness (QED) is 0.367. The minimum absolute atomic E-state index is 0. The molecule has 1 saturated heterocycles. The molecule has 0 spiro atoms. The lowest BCUT2D eigenvalue weighted by atomic mass is 9.95. The molecule has 2 rings (SSSR count). The molecule has 1 aliphatic rings. The second-order valence-electron chi connectivity index (χ2n) is 8.58. The number of hydrogen-bond donors (Lipinski definition) is 1. The van der Waals surface area contributed by atoms with Crippen LogP contribution in [0, 0.1) is 5.92 Å². The average molecular weight is 520 g/mol. The zero-order chi connectivity index (χ0) is 20.7. The summed E-state index contributed by atoms with van der Waals surface area (Å²) in [5.41, 5.74) is 0.699. The first-order valence-electron chi connectivity index (χ1n) is 10.0. The number of nitrogens with one attached hydrogen (secondary N) is 1. The van der Waals surface area contributed by atoms with Crippen LogP contribution in [0.5, 0.6) is 0 Å². The second kappa shape index (κ2) is 11.6. The number of hydrogen-bond acceptors (Lipinski definition) is 4. The zero-order valence-electron chi connectivity index (χ0n) is 18.6. The van der Waals surface area contributed by atoms with Gasteiger partial charge in [-0.05, 0) is 46.0 Å².